The lowest BCUT2D eigenvalue weighted by Crippen LogP contribution is -2.51. The first-order valence-electron chi connectivity index (χ1n) is 16.0. The molecule has 12 heteroatoms. The molecule has 0 aromatic heterocycles. The third-order valence-electron chi connectivity index (χ3n) is 7.18. The molecule has 0 saturated carbocycles. The fourth-order valence-corrected chi connectivity index (χ4v) is 4.97. The molecular weight excluding hydrogens is 618 g/mol. The molecule has 1 aliphatic heterocycles. The summed E-state index contributed by atoms with van der Waals surface area (Å²) in [6, 6.07) is 17.7. The quantitative estimate of drug-likeness (QED) is 0.130. The van der Waals surface area contributed by atoms with Crippen molar-refractivity contribution in [3.63, 3.8) is 0 Å². The molecule has 1 heterocycles. The number of carbonyl (C=O) groups excluding carboxylic acids is 3. The number of alkyl carbamates (subject to hydrolysis) is 2. The van der Waals surface area contributed by atoms with Gasteiger partial charge in [-0.1, -0.05) is 74.5 Å². The van der Waals surface area contributed by atoms with Crippen LogP contribution in [0.25, 0.3) is 0 Å². The molecular formula is C36H49N3O9. The summed E-state index contributed by atoms with van der Waals surface area (Å²) in [5.74, 6) is -1.78. The Labute approximate surface area is 282 Å². The van der Waals surface area contributed by atoms with Gasteiger partial charge in [-0.05, 0) is 65.2 Å². The number of nitrogens with one attached hydrogen (secondary N) is 2. The van der Waals surface area contributed by atoms with E-state index in [0.717, 1.165) is 11.1 Å². The van der Waals surface area contributed by atoms with E-state index < -0.39 is 65.7 Å². The Hall–Kier alpha value is -4.42. The first kappa shape index (κ1) is 38.0. The molecule has 0 bridgehead atoms. The van der Waals surface area contributed by atoms with Crippen LogP contribution in [0.5, 0.6) is 0 Å². The Morgan fingerprint density at radius 1 is 0.875 bits per heavy atom. The van der Waals surface area contributed by atoms with Crippen LogP contribution in [0.3, 0.4) is 0 Å². The normalized spacial score (nSPS) is 19.1. The Balaban J connectivity index is 2.07. The Morgan fingerprint density at radius 2 is 1.35 bits per heavy atom. The maximum Gasteiger partial charge on any atom is 0.414 e. The molecule has 2 aromatic carbocycles. The van der Waals surface area contributed by atoms with E-state index in [0.29, 0.717) is 6.42 Å². The number of rotatable bonds is 9. The van der Waals surface area contributed by atoms with Gasteiger partial charge in [0.05, 0.1) is 12.1 Å². The van der Waals surface area contributed by atoms with Crippen LogP contribution in [0.4, 0.5) is 9.59 Å². The molecule has 262 valence electrons. The number of ether oxygens (including phenoxy) is 5. The number of hydrogen-bond acceptors (Lipinski definition) is 10. The van der Waals surface area contributed by atoms with E-state index in [-0.39, 0.29) is 11.7 Å². The number of hydrogen-bond donors (Lipinski definition) is 3. The van der Waals surface area contributed by atoms with Crippen molar-refractivity contribution >= 4 is 24.1 Å². The monoisotopic (exact) mass is 667 g/mol. The molecule has 0 saturated heterocycles. The van der Waals surface area contributed by atoms with Crippen molar-refractivity contribution < 1.29 is 43.2 Å². The largest absolute Gasteiger partial charge is 0.480 e. The van der Waals surface area contributed by atoms with Crippen LogP contribution in [0.15, 0.2) is 77.5 Å². The van der Waals surface area contributed by atoms with Crippen LogP contribution < -0.4 is 10.6 Å². The summed E-state index contributed by atoms with van der Waals surface area (Å²) in [4.78, 5) is 44.1. The average Bonchev–Trinajstić information content (AvgIpc) is 3.00. The molecule has 0 fully saturated rings. The summed E-state index contributed by atoms with van der Waals surface area (Å²) in [7, 11) is 1.44. The number of aliphatic hydroxyl groups is 1. The maximum atomic E-state index is 13.9. The molecule has 2 aromatic rings. The summed E-state index contributed by atoms with van der Waals surface area (Å²) in [5, 5.41) is 15.8. The zero-order chi connectivity index (χ0) is 35.6. The SMILES string of the molecule is CC[C@@H](O)[C@@H](OC)[C@@H]1OC(C(=O)OC(c2ccccc2)c2ccccc2)=C[C@H](N=C(NC(=O)OC(C)(C)C)NC(=O)OC(C)(C)C)[C@H]1C. The maximum absolute atomic E-state index is 13.9. The van der Waals surface area contributed by atoms with Crippen LogP contribution in [0.2, 0.25) is 0 Å². The Bertz CT molecular complexity index is 1360. The summed E-state index contributed by atoms with van der Waals surface area (Å²) >= 11 is 0. The fraction of sp³-hybridized carbons (Fsp3) is 0.500. The van der Waals surface area contributed by atoms with Gasteiger partial charge in [0.1, 0.15) is 23.4 Å². The number of aliphatic imine (C=N–C) groups is 1. The minimum absolute atomic E-state index is 0.178. The molecule has 0 aliphatic carbocycles. The molecule has 3 N–H and O–H groups in total. The number of esters is 1. The lowest BCUT2D eigenvalue weighted by atomic mass is 9.87. The van der Waals surface area contributed by atoms with Gasteiger partial charge in [0.15, 0.2) is 6.10 Å². The first-order valence-corrected chi connectivity index (χ1v) is 16.0. The topological polar surface area (TPSA) is 154 Å². The third kappa shape index (κ3) is 11.4. The van der Waals surface area contributed by atoms with Crippen LogP contribution in [0, 0.1) is 5.92 Å². The fourth-order valence-electron chi connectivity index (χ4n) is 4.97. The minimum Gasteiger partial charge on any atom is -0.480 e. The highest BCUT2D eigenvalue weighted by molar-refractivity contribution is 6.01. The highest BCUT2D eigenvalue weighted by Gasteiger charge is 2.42. The first-order chi connectivity index (χ1) is 22.5. The van der Waals surface area contributed by atoms with Crippen LogP contribution >= 0.6 is 0 Å². The lowest BCUT2D eigenvalue weighted by molar-refractivity contribution is -0.157. The van der Waals surface area contributed by atoms with Gasteiger partial charge in [0.25, 0.3) is 0 Å². The zero-order valence-electron chi connectivity index (χ0n) is 29.2. The minimum atomic E-state index is -0.942. The van der Waals surface area contributed by atoms with Crippen molar-refractivity contribution in [2.45, 2.75) is 103 Å². The molecule has 3 rings (SSSR count). The molecule has 5 atom stereocenters. The molecule has 0 spiro atoms. The number of nitrogens with zero attached hydrogens (tertiary/aromatic N) is 1. The number of aliphatic hydroxyl groups excluding tert-OH is 1. The number of amides is 2. The van der Waals surface area contributed by atoms with Crippen LogP contribution in [-0.4, -0.2) is 71.9 Å². The smallest absolute Gasteiger partial charge is 0.414 e. The second-order valence-electron chi connectivity index (χ2n) is 13.5. The van der Waals surface area contributed by atoms with Gasteiger partial charge in [-0.25, -0.2) is 19.4 Å². The summed E-state index contributed by atoms with van der Waals surface area (Å²) in [5.41, 5.74) is -0.195. The average molecular weight is 668 g/mol. The van der Waals surface area contributed by atoms with E-state index in [9.17, 15) is 19.5 Å². The number of carbonyl (C=O) groups is 3. The van der Waals surface area contributed by atoms with Crippen molar-refractivity contribution in [2.75, 3.05) is 7.11 Å². The van der Waals surface area contributed by atoms with Crippen LogP contribution in [-0.2, 0) is 28.5 Å². The molecule has 12 nitrogen and oxygen atoms in total. The van der Waals surface area contributed by atoms with Crippen molar-refractivity contribution in [3.05, 3.63) is 83.6 Å². The standard InChI is InChI=1S/C36H49N3O9/c1-10-26(40)30(44-9)28-22(2)25(37-32(38-33(42)47-35(3,4)5)39-34(43)48-36(6,7)8)21-27(45-28)31(41)46-29(23-17-13-11-14-18-23)24-19-15-12-16-20-24/h11-22,25-26,28-30,40H,10H2,1-9H3,(H2,37,38,39,42,43)/t22-,25+,26-,28-,30-/m1/s1. The Kier molecular flexibility index (Phi) is 13.2. The number of benzene rings is 2. The van der Waals surface area contributed by atoms with Crippen molar-refractivity contribution in [3.8, 4) is 0 Å². The van der Waals surface area contributed by atoms with E-state index in [4.69, 9.17) is 23.7 Å². The second kappa shape index (κ2) is 16.6. The molecule has 0 radical (unpaired) electrons. The van der Waals surface area contributed by atoms with Crippen molar-refractivity contribution in [1.82, 2.24) is 10.6 Å². The van der Waals surface area contributed by atoms with E-state index in [1.165, 1.54) is 13.2 Å². The van der Waals surface area contributed by atoms with E-state index in [2.05, 4.69) is 15.6 Å². The summed E-state index contributed by atoms with van der Waals surface area (Å²) in [6.07, 6.45) is -3.40. The van der Waals surface area contributed by atoms with Gasteiger partial charge in [-0.3, -0.25) is 10.6 Å². The predicted molar refractivity (Wildman–Crippen MR) is 180 cm³/mol. The van der Waals surface area contributed by atoms with Gasteiger partial charge in [-0.15, -0.1) is 0 Å². The van der Waals surface area contributed by atoms with Gasteiger partial charge in [-0.2, -0.15) is 0 Å². The van der Waals surface area contributed by atoms with Crippen molar-refractivity contribution in [2.24, 2.45) is 10.9 Å². The van der Waals surface area contributed by atoms with Crippen molar-refractivity contribution in [1.29, 1.82) is 0 Å². The molecule has 1 aliphatic rings. The highest BCUT2D eigenvalue weighted by Crippen LogP contribution is 2.33. The van der Waals surface area contributed by atoms with Gasteiger partial charge in [0, 0.05) is 13.0 Å². The van der Waals surface area contributed by atoms with Gasteiger partial charge < -0.3 is 28.8 Å². The van der Waals surface area contributed by atoms with Gasteiger partial charge in [0.2, 0.25) is 11.7 Å². The summed E-state index contributed by atoms with van der Waals surface area (Å²) in [6.45, 7) is 13.7. The molecule has 0 unspecified atom stereocenters. The summed E-state index contributed by atoms with van der Waals surface area (Å²) < 4.78 is 28.7. The highest BCUT2D eigenvalue weighted by atomic mass is 16.6. The van der Waals surface area contributed by atoms with E-state index >= 15 is 0 Å². The van der Waals surface area contributed by atoms with Gasteiger partial charge >= 0.3 is 18.2 Å². The lowest BCUT2D eigenvalue weighted by Gasteiger charge is -2.39. The van der Waals surface area contributed by atoms with E-state index in [1.54, 1.807) is 55.4 Å². The Morgan fingerprint density at radius 3 is 1.77 bits per heavy atom. The second-order valence-corrected chi connectivity index (χ2v) is 13.5. The number of guanidine groups is 1. The predicted octanol–water partition coefficient (Wildman–Crippen LogP) is 5.80. The molecule has 2 amide bonds. The third-order valence-corrected chi connectivity index (χ3v) is 7.18. The van der Waals surface area contributed by atoms with Crippen LogP contribution in [0.1, 0.15) is 79.0 Å². The van der Waals surface area contributed by atoms with E-state index in [1.807, 2.05) is 60.7 Å². The number of methoxy groups -OCH3 is 1. The molecule has 48 heavy (non-hydrogen) atoms. The zero-order valence-corrected chi connectivity index (χ0v) is 29.2.